The quantitative estimate of drug-likeness (QED) is 0.627. The second-order valence-electron chi connectivity index (χ2n) is 4.66. The minimum absolute atomic E-state index is 0.582. The Morgan fingerprint density at radius 1 is 1.18 bits per heavy atom. The van der Waals surface area contributed by atoms with Gasteiger partial charge in [0.2, 0.25) is 5.82 Å². The Kier molecular flexibility index (Phi) is 4.65. The summed E-state index contributed by atoms with van der Waals surface area (Å²) in [5.41, 5.74) is 1.17. The summed E-state index contributed by atoms with van der Waals surface area (Å²) >= 11 is 7.36. The van der Waals surface area contributed by atoms with Crippen molar-refractivity contribution in [3.05, 3.63) is 65.9 Å². The topological polar surface area (TPSA) is 43.9 Å². The van der Waals surface area contributed by atoms with Crippen LogP contribution in [0.15, 0.2) is 69.9 Å². The van der Waals surface area contributed by atoms with Gasteiger partial charge in [0.05, 0.1) is 12.8 Å². The maximum absolute atomic E-state index is 5.86. The van der Waals surface area contributed by atoms with E-state index >= 15 is 0 Å². The zero-order valence-corrected chi connectivity index (χ0v) is 13.3. The molecule has 0 spiro atoms. The molecular formula is C16H14ClN3OS. The first-order valence-corrected chi connectivity index (χ1v) is 8.07. The summed E-state index contributed by atoms with van der Waals surface area (Å²) < 4.78 is 7.49. The number of halogens is 1. The van der Waals surface area contributed by atoms with Gasteiger partial charge in [-0.15, -0.1) is 10.2 Å². The molecule has 1 aromatic carbocycles. The van der Waals surface area contributed by atoms with Gasteiger partial charge >= 0.3 is 0 Å². The van der Waals surface area contributed by atoms with Crippen molar-refractivity contribution >= 4 is 23.4 Å². The molecule has 6 heteroatoms. The molecule has 0 fully saturated rings. The van der Waals surface area contributed by atoms with Crippen LogP contribution >= 0.6 is 23.4 Å². The van der Waals surface area contributed by atoms with Crippen molar-refractivity contribution in [2.45, 2.75) is 11.7 Å². The fraction of sp³-hybridized carbons (Fsp3) is 0.125. The predicted octanol–water partition coefficient (Wildman–Crippen LogP) is 4.43. The van der Waals surface area contributed by atoms with E-state index in [2.05, 4.69) is 28.9 Å². The molecule has 0 aliphatic heterocycles. The van der Waals surface area contributed by atoms with Crippen molar-refractivity contribution in [3.8, 4) is 11.6 Å². The van der Waals surface area contributed by atoms with Crippen molar-refractivity contribution < 1.29 is 4.42 Å². The van der Waals surface area contributed by atoms with Crippen LogP contribution in [0.2, 0.25) is 0 Å². The average Bonchev–Trinajstić information content (AvgIpc) is 3.16. The number of furan rings is 1. The highest BCUT2D eigenvalue weighted by molar-refractivity contribution is 7.99. The van der Waals surface area contributed by atoms with Crippen LogP contribution in [0.4, 0.5) is 0 Å². The third-order valence-corrected chi connectivity index (χ3v) is 4.34. The average molecular weight is 332 g/mol. The first kappa shape index (κ1) is 14.9. The Morgan fingerprint density at radius 2 is 2.00 bits per heavy atom. The van der Waals surface area contributed by atoms with E-state index in [1.165, 1.54) is 17.3 Å². The Morgan fingerprint density at radius 3 is 2.68 bits per heavy atom. The van der Waals surface area contributed by atoms with Crippen LogP contribution in [0.3, 0.4) is 0 Å². The highest BCUT2D eigenvalue weighted by Gasteiger charge is 2.16. The van der Waals surface area contributed by atoms with Crippen molar-refractivity contribution in [1.82, 2.24) is 14.8 Å². The molecule has 0 N–H and O–H groups in total. The zero-order chi connectivity index (χ0) is 15.4. The second kappa shape index (κ2) is 6.85. The second-order valence-corrected chi connectivity index (χ2v) is 6.14. The molecule has 3 rings (SSSR count). The maximum Gasteiger partial charge on any atom is 0.200 e. The zero-order valence-electron chi connectivity index (χ0n) is 11.8. The standard InChI is InChI=1S/C16H14ClN3OS/c1-12(17)11-22-16-19-18-15(14-8-5-9-21-14)20(16)10-13-6-3-2-4-7-13/h2-9H,1,10-11H2. The van der Waals surface area contributed by atoms with Crippen LogP contribution in [0.25, 0.3) is 11.6 Å². The van der Waals surface area contributed by atoms with E-state index in [1.54, 1.807) is 6.26 Å². The van der Waals surface area contributed by atoms with Crippen LogP contribution in [-0.4, -0.2) is 20.5 Å². The third-order valence-electron chi connectivity index (χ3n) is 3.00. The van der Waals surface area contributed by atoms with E-state index in [0.717, 1.165) is 5.16 Å². The number of rotatable bonds is 6. The lowest BCUT2D eigenvalue weighted by Crippen LogP contribution is -2.04. The lowest BCUT2D eigenvalue weighted by Gasteiger charge is -2.09. The highest BCUT2D eigenvalue weighted by atomic mass is 35.5. The number of nitrogens with zero attached hydrogens (tertiary/aromatic N) is 3. The van der Waals surface area contributed by atoms with E-state index in [-0.39, 0.29) is 0 Å². The van der Waals surface area contributed by atoms with E-state index < -0.39 is 0 Å². The molecule has 2 heterocycles. The molecule has 0 radical (unpaired) electrons. The van der Waals surface area contributed by atoms with Crippen LogP contribution in [0.5, 0.6) is 0 Å². The Hall–Kier alpha value is -1.98. The number of hydrogen-bond acceptors (Lipinski definition) is 4. The van der Waals surface area contributed by atoms with Crippen LogP contribution in [0, 0.1) is 0 Å². The van der Waals surface area contributed by atoms with Gasteiger partial charge in [0, 0.05) is 10.8 Å². The van der Waals surface area contributed by atoms with E-state index in [9.17, 15) is 0 Å². The summed E-state index contributed by atoms with van der Waals surface area (Å²) in [5, 5.41) is 9.89. The third kappa shape index (κ3) is 3.43. The highest BCUT2D eigenvalue weighted by Crippen LogP contribution is 2.26. The lowest BCUT2D eigenvalue weighted by atomic mass is 10.2. The van der Waals surface area contributed by atoms with Gasteiger partial charge in [-0.3, -0.25) is 4.57 Å². The maximum atomic E-state index is 5.86. The lowest BCUT2D eigenvalue weighted by molar-refractivity contribution is 0.569. The Labute approximate surface area is 137 Å². The molecule has 0 bridgehead atoms. The van der Waals surface area contributed by atoms with Crippen LogP contribution < -0.4 is 0 Å². The summed E-state index contributed by atoms with van der Waals surface area (Å²) in [4.78, 5) is 0. The van der Waals surface area contributed by atoms with E-state index in [1.807, 2.05) is 34.9 Å². The molecule has 0 amide bonds. The smallest absolute Gasteiger partial charge is 0.200 e. The molecule has 112 valence electrons. The Balaban J connectivity index is 1.95. The molecule has 0 saturated carbocycles. The van der Waals surface area contributed by atoms with Gasteiger partial charge in [-0.05, 0) is 17.7 Å². The van der Waals surface area contributed by atoms with Crippen molar-refractivity contribution in [3.63, 3.8) is 0 Å². The number of thioether (sulfide) groups is 1. The van der Waals surface area contributed by atoms with Gasteiger partial charge in [0.25, 0.3) is 0 Å². The van der Waals surface area contributed by atoms with Crippen molar-refractivity contribution in [1.29, 1.82) is 0 Å². The monoisotopic (exact) mass is 331 g/mol. The van der Waals surface area contributed by atoms with Crippen molar-refractivity contribution in [2.75, 3.05) is 5.75 Å². The first-order valence-electron chi connectivity index (χ1n) is 6.71. The molecule has 0 aliphatic rings. The molecule has 2 aromatic heterocycles. The molecule has 0 saturated heterocycles. The van der Waals surface area contributed by atoms with Gasteiger partial charge in [-0.25, -0.2) is 0 Å². The number of hydrogen-bond donors (Lipinski definition) is 0. The fourth-order valence-corrected chi connectivity index (χ4v) is 2.89. The molecule has 0 aliphatic carbocycles. The predicted molar refractivity (Wildman–Crippen MR) is 89.0 cm³/mol. The summed E-state index contributed by atoms with van der Waals surface area (Å²) in [6.45, 7) is 4.38. The molecular weight excluding hydrogens is 318 g/mol. The molecule has 0 atom stereocenters. The summed E-state index contributed by atoms with van der Waals surface area (Å²) in [6.07, 6.45) is 1.63. The van der Waals surface area contributed by atoms with E-state index in [4.69, 9.17) is 16.0 Å². The number of benzene rings is 1. The largest absolute Gasteiger partial charge is 0.461 e. The summed E-state index contributed by atoms with van der Waals surface area (Å²) in [7, 11) is 0. The minimum Gasteiger partial charge on any atom is -0.461 e. The SMILES string of the molecule is C=C(Cl)CSc1nnc(-c2ccco2)n1Cc1ccccc1. The first-order chi connectivity index (χ1) is 10.7. The number of aromatic nitrogens is 3. The summed E-state index contributed by atoms with van der Waals surface area (Å²) in [6, 6.07) is 13.9. The van der Waals surface area contributed by atoms with Gasteiger partial charge < -0.3 is 4.42 Å². The van der Waals surface area contributed by atoms with Crippen LogP contribution in [-0.2, 0) is 6.54 Å². The van der Waals surface area contributed by atoms with Gasteiger partial charge in [-0.1, -0.05) is 60.3 Å². The Bertz CT molecular complexity index is 753. The fourth-order valence-electron chi connectivity index (χ4n) is 2.03. The molecule has 4 nitrogen and oxygen atoms in total. The van der Waals surface area contributed by atoms with Crippen molar-refractivity contribution in [2.24, 2.45) is 0 Å². The molecule has 22 heavy (non-hydrogen) atoms. The molecule has 3 aromatic rings. The molecule has 0 unspecified atom stereocenters. The summed E-state index contributed by atoms with van der Waals surface area (Å²) in [5.74, 6) is 1.99. The minimum atomic E-state index is 0.582. The van der Waals surface area contributed by atoms with Gasteiger partial charge in [0.15, 0.2) is 10.9 Å². The van der Waals surface area contributed by atoms with Crippen LogP contribution in [0.1, 0.15) is 5.56 Å². The van der Waals surface area contributed by atoms with Gasteiger partial charge in [-0.2, -0.15) is 0 Å². The normalized spacial score (nSPS) is 10.8. The van der Waals surface area contributed by atoms with E-state index in [0.29, 0.717) is 28.9 Å². The van der Waals surface area contributed by atoms with Gasteiger partial charge in [0.1, 0.15) is 0 Å².